The van der Waals surface area contributed by atoms with Crippen LogP contribution in [0.15, 0.2) is 30.5 Å². The fraction of sp³-hybridized carbons (Fsp3) is 0.542. The molecule has 1 aliphatic carbocycles. The van der Waals surface area contributed by atoms with Crippen LogP contribution in [0.3, 0.4) is 0 Å². The van der Waals surface area contributed by atoms with E-state index in [1.165, 1.54) is 7.11 Å². The maximum absolute atomic E-state index is 12.9. The van der Waals surface area contributed by atoms with Gasteiger partial charge in [0.25, 0.3) is 0 Å². The first-order chi connectivity index (χ1) is 14.5. The molecule has 1 N–H and O–H groups in total. The van der Waals surface area contributed by atoms with Crippen molar-refractivity contribution in [1.29, 1.82) is 0 Å². The lowest BCUT2D eigenvalue weighted by Gasteiger charge is -2.41. The van der Waals surface area contributed by atoms with E-state index in [1.807, 2.05) is 6.07 Å². The summed E-state index contributed by atoms with van der Waals surface area (Å²) < 4.78 is 11.3. The standard InChI is InChI=1S/C24H34N2O4Si/c1-24(2,3)31(5,6)30-19-10-7-16(8-11-19)22(27)26-21-20-12-9-18(23(28)29-4)15-17(20)13-14-25-21/h9,12-16,19H,7-8,10-11H2,1-6H3,(H,25,26,27)/t16-,19-. The molecular formula is C24H34N2O4Si. The van der Waals surface area contributed by atoms with Crippen LogP contribution < -0.4 is 5.32 Å². The van der Waals surface area contributed by atoms with Crippen molar-refractivity contribution in [2.24, 2.45) is 5.92 Å². The number of ether oxygens (including phenoxy) is 1. The highest BCUT2D eigenvalue weighted by atomic mass is 28.4. The summed E-state index contributed by atoms with van der Waals surface area (Å²) in [6.45, 7) is 11.3. The Labute approximate surface area is 185 Å². The first-order valence-electron chi connectivity index (χ1n) is 11.0. The number of methoxy groups -OCH3 is 1. The summed E-state index contributed by atoms with van der Waals surface area (Å²) in [5.74, 6) is 0.105. The Morgan fingerprint density at radius 3 is 2.39 bits per heavy atom. The number of fused-ring (bicyclic) bond motifs is 1. The van der Waals surface area contributed by atoms with Gasteiger partial charge in [-0.15, -0.1) is 0 Å². The van der Waals surface area contributed by atoms with Gasteiger partial charge < -0.3 is 14.5 Å². The van der Waals surface area contributed by atoms with Crippen molar-refractivity contribution < 1.29 is 18.8 Å². The van der Waals surface area contributed by atoms with E-state index in [1.54, 1.807) is 24.4 Å². The third-order valence-electron chi connectivity index (χ3n) is 6.74. The summed E-state index contributed by atoms with van der Waals surface area (Å²) in [6, 6.07) is 7.06. The fourth-order valence-electron chi connectivity index (χ4n) is 3.78. The zero-order valence-electron chi connectivity index (χ0n) is 19.5. The topological polar surface area (TPSA) is 77.5 Å². The highest BCUT2D eigenvalue weighted by Crippen LogP contribution is 2.39. The van der Waals surface area contributed by atoms with Crippen molar-refractivity contribution in [2.75, 3.05) is 12.4 Å². The fourth-order valence-corrected chi connectivity index (χ4v) is 5.20. The van der Waals surface area contributed by atoms with Crippen LogP contribution in [0.2, 0.25) is 18.1 Å². The maximum atomic E-state index is 12.9. The van der Waals surface area contributed by atoms with E-state index in [2.05, 4.69) is 44.2 Å². The van der Waals surface area contributed by atoms with Crippen LogP contribution in [0, 0.1) is 5.92 Å². The summed E-state index contributed by atoms with van der Waals surface area (Å²) in [7, 11) is -0.434. The van der Waals surface area contributed by atoms with Crippen LogP contribution in [-0.2, 0) is 14.0 Å². The molecule has 1 aliphatic rings. The predicted octanol–water partition coefficient (Wildman–Crippen LogP) is 5.54. The Morgan fingerprint density at radius 2 is 1.77 bits per heavy atom. The SMILES string of the molecule is COC(=O)c1ccc2c(NC(=O)[C@H]3CC[C@H](O[Si](C)(C)C(C)(C)C)CC3)nccc2c1. The van der Waals surface area contributed by atoms with Crippen LogP contribution in [0.1, 0.15) is 56.8 Å². The lowest BCUT2D eigenvalue weighted by Crippen LogP contribution is -2.45. The first-order valence-corrected chi connectivity index (χ1v) is 13.9. The van der Waals surface area contributed by atoms with Crippen molar-refractivity contribution in [3.63, 3.8) is 0 Å². The number of hydrogen-bond acceptors (Lipinski definition) is 5. The third kappa shape index (κ3) is 5.33. The molecule has 7 heteroatoms. The van der Waals surface area contributed by atoms with Crippen molar-refractivity contribution in [3.8, 4) is 0 Å². The lowest BCUT2D eigenvalue weighted by molar-refractivity contribution is -0.121. The Hall–Kier alpha value is -2.25. The van der Waals surface area contributed by atoms with Gasteiger partial charge in [0.05, 0.1) is 12.7 Å². The van der Waals surface area contributed by atoms with Crippen LogP contribution >= 0.6 is 0 Å². The highest BCUT2D eigenvalue weighted by molar-refractivity contribution is 6.74. The van der Waals surface area contributed by atoms with Gasteiger partial charge in [0, 0.05) is 23.6 Å². The number of aromatic nitrogens is 1. The molecule has 3 rings (SSSR count). The number of nitrogens with one attached hydrogen (secondary N) is 1. The van der Waals surface area contributed by atoms with E-state index in [0.717, 1.165) is 36.5 Å². The van der Waals surface area contributed by atoms with E-state index in [-0.39, 0.29) is 28.9 Å². The summed E-state index contributed by atoms with van der Waals surface area (Å²) in [6.07, 6.45) is 5.36. The van der Waals surface area contributed by atoms with Gasteiger partial charge in [-0.3, -0.25) is 4.79 Å². The Bertz CT molecular complexity index is 960. The normalized spacial score (nSPS) is 19.8. The van der Waals surface area contributed by atoms with E-state index in [0.29, 0.717) is 11.4 Å². The molecule has 168 valence electrons. The lowest BCUT2D eigenvalue weighted by atomic mass is 9.87. The van der Waals surface area contributed by atoms with E-state index >= 15 is 0 Å². The molecule has 31 heavy (non-hydrogen) atoms. The number of hydrogen-bond donors (Lipinski definition) is 1. The first kappa shape index (κ1) is 23.4. The Balaban J connectivity index is 1.64. The number of benzene rings is 1. The molecule has 0 bridgehead atoms. The average molecular weight is 443 g/mol. The van der Waals surface area contributed by atoms with Gasteiger partial charge in [-0.1, -0.05) is 20.8 Å². The monoisotopic (exact) mass is 442 g/mol. The molecule has 0 unspecified atom stereocenters. The third-order valence-corrected chi connectivity index (χ3v) is 11.3. The second-order valence-corrected chi connectivity index (χ2v) is 14.7. The molecule has 2 aromatic rings. The van der Waals surface area contributed by atoms with Crippen LogP contribution in [0.4, 0.5) is 5.82 Å². The van der Waals surface area contributed by atoms with Gasteiger partial charge in [-0.2, -0.15) is 0 Å². The number of esters is 1. The zero-order chi connectivity index (χ0) is 22.8. The number of carbonyl (C=O) groups excluding carboxylic acids is 2. The van der Waals surface area contributed by atoms with Crippen LogP contribution in [-0.4, -0.2) is 38.4 Å². The number of pyridine rings is 1. The highest BCUT2D eigenvalue weighted by Gasteiger charge is 2.40. The van der Waals surface area contributed by atoms with Crippen molar-refractivity contribution in [3.05, 3.63) is 36.0 Å². The van der Waals surface area contributed by atoms with Gasteiger partial charge >= 0.3 is 5.97 Å². The molecule has 1 amide bonds. The molecule has 0 spiro atoms. The largest absolute Gasteiger partial charge is 0.465 e. The second-order valence-electron chi connectivity index (χ2n) is 9.93. The molecular weight excluding hydrogens is 408 g/mol. The number of carbonyl (C=O) groups is 2. The minimum Gasteiger partial charge on any atom is -0.465 e. The number of rotatable bonds is 5. The van der Waals surface area contributed by atoms with E-state index < -0.39 is 8.32 Å². The average Bonchev–Trinajstić information content (AvgIpc) is 2.72. The van der Waals surface area contributed by atoms with Gasteiger partial charge in [0.1, 0.15) is 5.82 Å². The molecule has 1 fully saturated rings. The van der Waals surface area contributed by atoms with E-state index in [9.17, 15) is 9.59 Å². The number of anilines is 1. The van der Waals surface area contributed by atoms with Crippen LogP contribution in [0.5, 0.6) is 0 Å². The van der Waals surface area contributed by atoms with Gasteiger partial charge in [0.2, 0.25) is 5.91 Å². The molecule has 0 aliphatic heterocycles. The molecule has 1 saturated carbocycles. The van der Waals surface area contributed by atoms with Crippen LogP contribution in [0.25, 0.3) is 10.8 Å². The predicted molar refractivity (Wildman–Crippen MR) is 126 cm³/mol. The molecule has 1 aromatic carbocycles. The Kier molecular flexibility index (Phi) is 6.86. The van der Waals surface area contributed by atoms with E-state index in [4.69, 9.17) is 9.16 Å². The molecule has 0 saturated heterocycles. The van der Waals surface area contributed by atoms with Gasteiger partial charge in [-0.25, -0.2) is 9.78 Å². The molecule has 6 nitrogen and oxygen atoms in total. The summed E-state index contributed by atoms with van der Waals surface area (Å²) in [5.41, 5.74) is 0.471. The minimum absolute atomic E-state index is 0.00261. The summed E-state index contributed by atoms with van der Waals surface area (Å²) >= 11 is 0. The smallest absolute Gasteiger partial charge is 0.337 e. The summed E-state index contributed by atoms with van der Waals surface area (Å²) in [5, 5.41) is 4.83. The summed E-state index contributed by atoms with van der Waals surface area (Å²) in [4.78, 5) is 29.1. The molecule has 0 atom stereocenters. The van der Waals surface area contributed by atoms with Crippen molar-refractivity contribution in [2.45, 2.75) is 70.7 Å². The van der Waals surface area contributed by atoms with Gasteiger partial charge in [-0.05, 0) is 73.5 Å². The van der Waals surface area contributed by atoms with Gasteiger partial charge in [0.15, 0.2) is 8.32 Å². The minimum atomic E-state index is -1.79. The number of nitrogens with zero attached hydrogens (tertiary/aromatic N) is 1. The van der Waals surface area contributed by atoms with Crippen molar-refractivity contribution in [1.82, 2.24) is 4.98 Å². The number of amides is 1. The van der Waals surface area contributed by atoms with Crippen molar-refractivity contribution >= 4 is 36.8 Å². The Morgan fingerprint density at radius 1 is 1.10 bits per heavy atom. The second kappa shape index (κ2) is 9.08. The molecule has 1 aromatic heterocycles. The maximum Gasteiger partial charge on any atom is 0.337 e. The molecule has 0 radical (unpaired) electrons. The zero-order valence-corrected chi connectivity index (χ0v) is 20.5. The quantitative estimate of drug-likeness (QED) is 0.486. The molecule has 1 heterocycles.